The Balaban J connectivity index is 2.39. The van der Waals surface area contributed by atoms with Crippen molar-refractivity contribution in [2.75, 3.05) is 6.61 Å². The first-order valence-corrected chi connectivity index (χ1v) is 3.74. The molecule has 1 heterocycles. The molecule has 1 rings (SSSR count). The molecule has 0 aromatic carbocycles. The fourth-order valence-corrected chi connectivity index (χ4v) is 0.804. The molecule has 0 aliphatic carbocycles. The lowest BCUT2D eigenvalue weighted by molar-refractivity contribution is -0.141. The molecule has 1 atom stereocenters. The molecule has 0 bridgehead atoms. The third-order valence-electron chi connectivity index (χ3n) is 1.48. The van der Waals surface area contributed by atoms with Crippen LogP contribution < -0.4 is 0 Å². The van der Waals surface area contributed by atoms with E-state index in [1.165, 1.54) is 6.92 Å². The van der Waals surface area contributed by atoms with Crippen molar-refractivity contribution in [1.82, 2.24) is 5.16 Å². The van der Waals surface area contributed by atoms with Gasteiger partial charge in [-0.25, -0.2) is 0 Å². The Hall–Kier alpha value is -1.32. The molecule has 0 spiro atoms. The molecule has 4 heteroatoms. The number of nitrogens with zero attached hydrogens (tertiary/aromatic N) is 1. The van der Waals surface area contributed by atoms with Gasteiger partial charge in [0.15, 0.2) is 0 Å². The summed E-state index contributed by atoms with van der Waals surface area (Å²) in [5, 5.41) is 3.55. The molecule has 0 aliphatic rings. The van der Waals surface area contributed by atoms with Crippen LogP contribution in [-0.2, 0) is 9.53 Å². The molecule has 0 saturated heterocycles. The van der Waals surface area contributed by atoms with Gasteiger partial charge in [-0.15, -0.1) is 0 Å². The summed E-state index contributed by atoms with van der Waals surface area (Å²) in [5.41, 5.74) is 0. The van der Waals surface area contributed by atoms with Crippen LogP contribution in [0.15, 0.2) is 16.8 Å². The smallest absolute Gasteiger partial charge is 0.302 e. The minimum absolute atomic E-state index is 0.0661. The molecule has 0 amide bonds. The van der Waals surface area contributed by atoms with E-state index in [2.05, 4.69) is 5.16 Å². The van der Waals surface area contributed by atoms with Gasteiger partial charge in [0.1, 0.15) is 12.4 Å². The number of carbonyl (C=O) groups excluding carboxylic acids is 1. The number of hydrogen-bond donors (Lipinski definition) is 0. The summed E-state index contributed by atoms with van der Waals surface area (Å²) in [5.74, 6) is 0.522. The second kappa shape index (κ2) is 3.90. The van der Waals surface area contributed by atoms with Crippen molar-refractivity contribution in [3.63, 3.8) is 0 Å². The molecule has 0 saturated carbocycles. The van der Waals surface area contributed by atoms with Crippen molar-refractivity contribution >= 4 is 5.97 Å². The summed E-state index contributed by atoms with van der Waals surface area (Å²) in [4.78, 5) is 10.4. The summed E-state index contributed by atoms with van der Waals surface area (Å²) in [7, 11) is 0. The van der Waals surface area contributed by atoms with Crippen LogP contribution in [0.4, 0.5) is 0 Å². The average Bonchev–Trinajstić information content (AvgIpc) is 2.51. The maximum absolute atomic E-state index is 10.4. The number of esters is 1. The summed E-state index contributed by atoms with van der Waals surface area (Å²) < 4.78 is 9.69. The van der Waals surface area contributed by atoms with E-state index in [-0.39, 0.29) is 11.9 Å². The third kappa shape index (κ3) is 2.38. The molecule has 1 unspecified atom stereocenters. The summed E-state index contributed by atoms with van der Waals surface area (Å²) in [6.07, 6.45) is 1.57. The zero-order chi connectivity index (χ0) is 8.97. The van der Waals surface area contributed by atoms with Gasteiger partial charge in [-0.3, -0.25) is 4.79 Å². The highest BCUT2D eigenvalue weighted by molar-refractivity contribution is 5.65. The molecule has 1 aromatic heterocycles. The predicted molar refractivity (Wildman–Crippen MR) is 41.6 cm³/mol. The predicted octanol–water partition coefficient (Wildman–Crippen LogP) is 1.34. The summed E-state index contributed by atoms with van der Waals surface area (Å²) in [6, 6.07) is 1.76. The molecule has 12 heavy (non-hydrogen) atoms. The molecule has 0 aliphatic heterocycles. The quantitative estimate of drug-likeness (QED) is 0.641. The van der Waals surface area contributed by atoms with Gasteiger partial charge < -0.3 is 9.26 Å². The van der Waals surface area contributed by atoms with E-state index in [9.17, 15) is 4.79 Å². The molecule has 66 valence electrons. The van der Waals surface area contributed by atoms with E-state index in [1.54, 1.807) is 12.3 Å². The number of ether oxygens (including phenoxy) is 1. The molecule has 1 aromatic rings. The van der Waals surface area contributed by atoms with Gasteiger partial charge in [0.05, 0.1) is 12.1 Å². The largest absolute Gasteiger partial charge is 0.465 e. The molecule has 0 N–H and O–H groups in total. The van der Waals surface area contributed by atoms with Crippen LogP contribution in [0.25, 0.3) is 0 Å². The van der Waals surface area contributed by atoms with Crippen LogP contribution in [0.1, 0.15) is 25.5 Å². The van der Waals surface area contributed by atoms with Crippen molar-refractivity contribution in [2.45, 2.75) is 19.8 Å². The maximum atomic E-state index is 10.4. The van der Waals surface area contributed by atoms with Gasteiger partial charge in [0, 0.05) is 13.0 Å². The van der Waals surface area contributed by atoms with Gasteiger partial charge in [0.2, 0.25) is 0 Å². The normalized spacial score (nSPS) is 12.5. The van der Waals surface area contributed by atoms with Gasteiger partial charge in [-0.2, -0.15) is 0 Å². The Bertz CT molecular complexity index is 243. The second-order valence-electron chi connectivity index (χ2n) is 2.62. The summed E-state index contributed by atoms with van der Waals surface area (Å²) >= 11 is 0. The highest BCUT2D eigenvalue weighted by atomic mass is 16.5. The number of aromatic nitrogens is 1. The molecule has 0 fully saturated rings. The lowest BCUT2D eigenvalue weighted by Crippen LogP contribution is -2.07. The van der Waals surface area contributed by atoms with E-state index in [0.717, 1.165) is 5.76 Å². The first-order valence-electron chi connectivity index (χ1n) is 3.74. The monoisotopic (exact) mass is 169 g/mol. The van der Waals surface area contributed by atoms with E-state index in [0.29, 0.717) is 6.61 Å². The Morgan fingerprint density at radius 2 is 2.58 bits per heavy atom. The number of rotatable bonds is 3. The van der Waals surface area contributed by atoms with Crippen molar-refractivity contribution in [3.8, 4) is 0 Å². The lowest BCUT2D eigenvalue weighted by atomic mass is 10.1. The molecule has 4 nitrogen and oxygen atoms in total. The van der Waals surface area contributed by atoms with Crippen molar-refractivity contribution in [1.29, 1.82) is 0 Å². The van der Waals surface area contributed by atoms with E-state index < -0.39 is 0 Å². The van der Waals surface area contributed by atoms with E-state index in [1.807, 2.05) is 6.92 Å². The van der Waals surface area contributed by atoms with E-state index >= 15 is 0 Å². The Labute approximate surface area is 70.5 Å². The van der Waals surface area contributed by atoms with Gasteiger partial charge in [-0.05, 0) is 0 Å². The highest BCUT2D eigenvalue weighted by Gasteiger charge is 2.10. The summed E-state index contributed by atoms with van der Waals surface area (Å²) in [6.45, 7) is 3.63. The fourth-order valence-electron chi connectivity index (χ4n) is 0.804. The minimum Gasteiger partial charge on any atom is -0.465 e. The van der Waals surface area contributed by atoms with Crippen molar-refractivity contribution < 1.29 is 14.1 Å². The molecule has 0 radical (unpaired) electrons. The Morgan fingerprint density at radius 1 is 1.83 bits per heavy atom. The SMILES string of the molecule is CC(=O)OCC(C)c1ccno1. The number of hydrogen-bond acceptors (Lipinski definition) is 4. The van der Waals surface area contributed by atoms with Crippen molar-refractivity contribution in [3.05, 3.63) is 18.0 Å². The molecular weight excluding hydrogens is 158 g/mol. The first-order chi connectivity index (χ1) is 5.70. The minimum atomic E-state index is -0.277. The van der Waals surface area contributed by atoms with Crippen LogP contribution >= 0.6 is 0 Å². The van der Waals surface area contributed by atoms with Crippen LogP contribution in [-0.4, -0.2) is 17.7 Å². The lowest BCUT2D eigenvalue weighted by Gasteiger charge is -2.06. The highest BCUT2D eigenvalue weighted by Crippen LogP contribution is 2.13. The van der Waals surface area contributed by atoms with Gasteiger partial charge >= 0.3 is 5.97 Å². The van der Waals surface area contributed by atoms with Crippen LogP contribution in [0.5, 0.6) is 0 Å². The van der Waals surface area contributed by atoms with Crippen LogP contribution in [0.3, 0.4) is 0 Å². The maximum Gasteiger partial charge on any atom is 0.302 e. The van der Waals surface area contributed by atoms with Gasteiger partial charge in [0.25, 0.3) is 0 Å². The standard InChI is InChI=1S/C8H11NO3/c1-6(5-11-7(2)10)8-3-4-9-12-8/h3-4,6H,5H2,1-2H3. The number of carbonyl (C=O) groups is 1. The third-order valence-corrected chi connectivity index (χ3v) is 1.48. The van der Waals surface area contributed by atoms with E-state index in [4.69, 9.17) is 9.26 Å². The Morgan fingerprint density at radius 3 is 3.08 bits per heavy atom. The average molecular weight is 169 g/mol. The second-order valence-corrected chi connectivity index (χ2v) is 2.62. The zero-order valence-corrected chi connectivity index (χ0v) is 7.11. The topological polar surface area (TPSA) is 52.3 Å². The fraction of sp³-hybridized carbons (Fsp3) is 0.500. The zero-order valence-electron chi connectivity index (χ0n) is 7.11. The van der Waals surface area contributed by atoms with Crippen molar-refractivity contribution in [2.24, 2.45) is 0 Å². The Kier molecular flexibility index (Phi) is 2.85. The van der Waals surface area contributed by atoms with Crippen LogP contribution in [0, 0.1) is 0 Å². The van der Waals surface area contributed by atoms with Gasteiger partial charge in [-0.1, -0.05) is 12.1 Å². The molecular formula is C8H11NO3. The van der Waals surface area contributed by atoms with Crippen LogP contribution in [0.2, 0.25) is 0 Å². The first kappa shape index (κ1) is 8.77.